The molecule has 0 atom stereocenters. The molecule has 1 aliphatic rings. The molecule has 0 aromatic heterocycles. The van der Waals surface area contributed by atoms with E-state index in [1.54, 1.807) is 0 Å². The first kappa shape index (κ1) is 14.0. The Hall–Kier alpha value is -1.10. The highest BCUT2D eigenvalue weighted by molar-refractivity contribution is 5.99. The van der Waals surface area contributed by atoms with E-state index < -0.39 is 17.4 Å². The molecule has 3 N–H and O–H groups in total. The van der Waals surface area contributed by atoms with E-state index >= 15 is 0 Å². The summed E-state index contributed by atoms with van der Waals surface area (Å²) < 4.78 is 5.06. The summed E-state index contributed by atoms with van der Waals surface area (Å²) in [6.07, 6.45) is 3.38. The number of carbonyl (C=O) groups is 2. The third kappa shape index (κ3) is 3.19. The Kier molecular flexibility index (Phi) is 4.93. The van der Waals surface area contributed by atoms with Gasteiger partial charge in [-0.15, -0.1) is 0 Å². The zero-order valence-corrected chi connectivity index (χ0v) is 10.3. The van der Waals surface area contributed by atoms with Crippen LogP contribution in [0.15, 0.2) is 0 Å². The van der Waals surface area contributed by atoms with Gasteiger partial charge < -0.3 is 15.6 Å². The second-order valence-electron chi connectivity index (χ2n) is 4.71. The summed E-state index contributed by atoms with van der Waals surface area (Å²) in [5, 5.41) is 9.26. The highest BCUT2D eigenvalue weighted by Crippen LogP contribution is 2.37. The van der Waals surface area contributed by atoms with E-state index in [0.29, 0.717) is 19.4 Å². The van der Waals surface area contributed by atoms with Gasteiger partial charge in [0, 0.05) is 6.04 Å². The minimum atomic E-state index is -1.36. The first-order valence-electron chi connectivity index (χ1n) is 6.19. The lowest BCUT2D eigenvalue weighted by Gasteiger charge is -2.33. The van der Waals surface area contributed by atoms with Crippen LogP contribution in [0, 0.1) is 5.41 Å². The molecule has 0 saturated heterocycles. The zero-order valence-electron chi connectivity index (χ0n) is 10.3. The minimum absolute atomic E-state index is 0.00548. The molecule has 5 heteroatoms. The normalized spacial score (nSPS) is 28.7. The fourth-order valence-electron chi connectivity index (χ4n) is 2.09. The standard InChI is InChI=1S/C12H21NO4/c1-2-3-8-17-11(16)12(10(14)15)6-4-9(13)5-7-12/h9H,2-8,13H2,1H3,(H,14,15). The predicted octanol–water partition coefficient (Wildman–Crippen LogP) is 1.30. The smallest absolute Gasteiger partial charge is 0.323 e. The van der Waals surface area contributed by atoms with E-state index in [9.17, 15) is 14.7 Å². The maximum atomic E-state index is 11.9. The SMILES string of the molecule is CCCCOC(=O)C1(C(=O)O)CCC(N)CC1. The van der Waals surface area contributed by atoms with Crippen molar-refractivity contribution in [2.45, 2.75) is 51.5 Å². The van der Waals surface area contributed by atoms with Crippen LogP contribution in [0.25, 0.3) is 0 Å². The van der Waals surface area contributed by atoms with E-state index in [-0.39, 0.29) is 18.9 Å². The molecule has 0 aromatic rings. The lowest BCUT2D eigenvalue weighted by atomic mass is 9.72. The lowest BCUT2D eigenvalue weighted by molar-refractivity contribution is -0.171. The van der Waals surface area contributed by atoms with Crippen LogP contribution in [0.5, 0.6) is 0 Å². The highest BCUT2D eigenvalue weighted by atomic mass is 16.5. The summed E-state index contributed by atoms with van der Waals surface area (Å²) in [7, 11) is 0. The molecule has 1 aliphatic carbocycles. The molecule has 0 bridgehead atoms. The molecule has 0 spiro atoms. The molecule has 5 nitrogen and oxygen atoms in total. The van der Waals surface area contributed by atoms with E-state index in [0.717, 1.165) is 12.8 Å². The van der Waals surface area contributed by atoms with Gasteiger partial charge in [-0.05, 0) is 32.1 Å². The number of hydrogen-bond donors (Lipinski definition) is 2. The van der Waals surface area contributed by atoms with Gasteiger partial charge in [-0.3, -0.25) is 9.59 Å². The van der Waals surface area contributed by atoms with Gasteiger partial charge in [-0.25, -0.2) is 0 Å². The van der Waals surface area contributed by atoms with Crippen LogP contribution in [0.3, 0.4) is 0 Å². The Labute approximate surface area is 101 Å². The highest BCUT2D eigenvalue weighted by Gasteiger charge is 2.49. The molecule has 0 heterocycles. The number of nitrogens with two attached hydrogens (primary N) is 1. The Morgan fingerprint density at radius 2 is 2.00 bits per heavy atom. The van der Waals surface area contributed by atoms with E-state index in [1.165, 1.54) is 0 Å². The number of unbranched alkanes of at least 4 members (excludes halogenated alkanes) is 1. The van der Waals surface area contributed by atoms with Crippen molar-refractivity contribution in [3.8, 4) is 0 Å². The van der Waals surface area contributed by atoms with Crippen molar-refractivity contribution < 1.29 is 19.4 Å². The van der Waals surface area contributed by atoms with Crippen molar-refractivity contribution >= 4 is 11.9 Å². The Morgan fingerprint density at radius 1 is 1.41 bits per heavy atom. The van der Waals surface area contributed by atoms with Crippen molar-refractivity contribution in [1.29, 1.82) is 0 Å². The zero-order chi connectivity index (χ0) is 12.9. The summed E-state index contributed by atoms with van der Waals surface area (Å²) in [5.74, 6) is -1.67. The Bertz CT molecular complexity index is 282. The quantitative estimate of drug-likeness (QED) is 0.431. The molecule has 0 aromatic carbocycles. The average molecular weight is 243 g/mol. The number of carboxylic acid groups (broad SMARTS) is 1. The lowest BCUT2D eigenvalue weighted by Crippen LogP contribution is -2.46. The van der Waals surface area contributed by atoms with Crippen LogP contribution in [-0.2, 0) is 14.3 Å². The van der Waals surface area contributed by atoms with Crippen molar-refractivity contribution in [1.82, 2.24) is 0 Å². The van der Waals surface area contributed by atoms with Crippen LogP contribution in [0.4, 0.5) is 0 Å². The third-order valence-electron chi connectivity index (χ3n) is 3.41. The van der Waals surface area contributed by atoms with Gasteiger partial charge in [0.05, 0.1) is 6.61 Å². The maximum Gasteiger partial charge on any atom is 0.323 e. The monoisotopic (exact) mass is 243 g/mol. The van der Waals surface area contributed by atoms with Crippen molar-refractivity contribution in [3.05, 3.63) is 0 Å². The van der Waals surface area contributed by atoms with Gasteiger partial charge in [-0.2, -0.15) is 0 Å². The second-order valence-corrected chi connectivity index (χ2v) is 4.71. The van der Waals surface area contributed by atoms with Crippen LogP contribution in [-0.4, -0.2) is 29.7 Å². The molecular formula is C12H21NO4. The number of carboxylic acids is 1. The van der Waals surface area contributed by atoms with Crippen LogP contribution in [0.2, 0.25) is 0 Å². The van der Waals surface area contributed by atoms with Gasteiger partial charge in [-0.1, -0.05) is 13.3 Å². The number of carbonyl (C=O) groups excluding carboxylic acids is 1. The summed E-state index contributed by atoms with van der Waals surface area (Å²) >= 11 is 0. The molecule has 1 rings (SSSR count). The van der Waals surface area contributed by atoms with Crippen molar-refractivity contribution in [3.63, 3.8) is 0 Å². The van der Waals surface area contributed by atoms with Crippen molar-refractivity contribution in [2.24, 2.45) is 11.1 Å². The van der Waals surface area contributed by atoms with Crippen LogP contribution < -0.4 is 5.73 Å². The third-order valence-corrected chi connectivity index (χ3v) is 3.41. The number of aliphatic carboxylic acids is 1. The molecule has 1 saturated carbocycles. The first-order chi connectivity index (χ1) is 8.03. The summed E-state index contributed by atoms with van der Waals surface area (Å²) in [6, 6.07) is 0.00548. The largest absolute Gasteiger partial charge is 0.480 e. The van der Waals surface area contributed by atoms with Gasteiger partial charge in [0.2, 0.25) is 0 Å². The van der Waals surface area contributed by atoms with E-state index in [2.05, 4.69) is 0 Å². The summed E-state index contributed by atoms with van der Waals surface area (Å²) in [5.41, 5.74) is 4.38. The molecule has 17 heavy (non-hydrogen) atoms. The minimum Gasteiger partial charge on any atom is -0.480 e. The van der Waals surface area contributed by atoms with Crippen LogP contribution >= 0.6 is 0 Å². The number of rotatable bonds is 5. The molecule has 98 valence electrons. The number of ether oxygens (including phenoxy) is 1. The maximum absolute atomic E-state index is 11.9. The summed E-state index contributed by atoms with van der Waals surface area (Å²) in [6.45, 7) is 2.29. The second kappa shape index (κ2) is 6.00. The molecular weight excluding hydrogens is 222 g/mol. The molecule has 0 radical (unpaired) electrons. The molecule has 0 aliphatic heterocycles. The summed E-state index contributed by atoms with van der Waals surface area (Å²) in [4.78, 5) is 23.2. The van der Waals surface area contributed by atoms with Gasteiger partial charge in [0.1, 0.15) is 0 Å². The van der Waals surface area contributed by atoms with E-state index in [4.69, 9.17) is 10.5 Å². The number of hydrogen-bond acceptors (Lipinski definition) is 4. The molecule has 0 unspecified atom stereocenters. The topological polar surface area (TPSA) is 89.6 Å². The van der Waals surface area contributed by atoms with Gasteiger partial charge in [0.25, 0.3) is 0 Å². The molecule has 0 amide bonds. The average Bonchev–Trinajstić information content (AvgIpc) is 2.30. The fourth-order valence-corrected chi connectivity index (χ4v) is 2.09. The Morgan fingerprint density at radius 3 is 2.47 bits per heavy atom. The predicted molar refractivity (Wildman–Crippen MR) is 62.4 cm³/mol. The number of esters is 1. The first-order valence-corrected chi connectivity index (χ1v) is 6.19. The van der Waals surface area contributed by atoms with Gasteiger partial charge in [0.15, 0.2) is 5.41 Å². The van der Waals surface area contributed by atoms with E-state index in [1.807, 2.05) is 6.92 Å². The fraction of sp³-hybridized carbons (Fsp3) is 0.833. The molecule has 1 fully saturated rings. The Balaban J connectivity index is 2.65. The van der Waals surface area contributed by atoms with Crippen LogP contribution in [0.1, 0.15) is 45.4 Å². The van der Waals surface area contributed by atoms with Crippen molar-refractivity contribution in [2.75, 3.05) is 6.61 Å². The van der Waals surface area contributed by atoms with Gasteiger partial charge >= 0.3 is 11.9 Å².